The van der Waals surface area contributed by atoms with Gasteiger partial charge in [0, 0.05) is 19.5 Å². The first-order valence-corrected chi connectivity index (χ1v) is 9.94. The summed E-state index contributed by atoms with van der Waals surface area (Å²) in [7, 11) is 1.73. The van der Waals surface area contributed by atoms with Crippen LogP contribution in [0.5, 0.6) is 0 Å². The number of anilines is 1. The third-order valence-electron chi connectivity index (χ3n) is 5.48. The molecule has 0 heterocycles. The Morgan fingerprint density at radius 2 is 1.70 bits per heavy atom. The van der Waals surface area contributed by atoms with Gasteiger partial charge in [0.1, 0.15) is 0 Å². The molecule has 2 amide bonds. The van der Waals surface area contributed by atoms with Gasteiger partial charge in [0.15, 0.2) is 0 Å². The molecule has 156 valence electrons. The molecule has 1 aliphatic carbocycles. The number of benzene rings is 3. The number of halogens is 1. The van der Waals surface area contributed by atoms with Crippen LogP contribution in [0.3, 0.4) is 0 Å². The van der Waals surface area contributed by atoms with Crippen LogP contribution in [-0.4, -0.2) is 25.4 Å². The van der Waals surface area contributed by atoms with Gasteiger partial charge in [0.2, 0.25) is 5.91 Å². The van der Waals surface area contributed by atoms with Crippen LogP contribution in [0.1, 0.15) is 34.8 Å². The quantitative estimate of drug-likeness (QED) is 0.627. The molecule has 4 rings (SSSR count). The number of hydrogen-bond donors (Lipinski definition) is 2. The van der Waals surface area contributed by atoms with E-state index in [-0.39, 0.29) is 42.7 Å². The molecule has 1 fully saturated rings. The largest absolute Gasteiger partial charge is 0.344 e. The van der Waals surface area contributed by atoms with E-state index >= 15 is 0 Å². The summed E-state index contributed by atoms with van der Waals surface area (Å²) in [4.78, 5) is 27.2. The molecule has 1 saturated carbocycles. The molecule has 0 spiro atoms. The minimum Gasteiger partial charge on any atom is -0.344 e. The Labute approximate surface area is 182 Å². The summed E-state index contributed by atoms with van der Waals surface area (Å²) in [5, 5.41) is 5.29. The van der Waals surface area contributed by atoms with Gasteiger partial charge in [-0.15, -0.1) is 12.4 Å². The van der Waals surface area contributed by atoms with E-state index in [2.05, 4.69) is 17.4 Å². The van der Waals surface area contributed by atoms with Gasteiger partial charge in [-0.1, -0.05) is 48.5 Å². The second-order valence-electron chi connectivity index (χ2n) is 7.56. The Hall–Kier alpha value is -2.89. The van der Waals surface area contributed by atoms with E-state index in [4.69, 9.17) is 5.73 Å². The van der Waals surface area contributed by atoms with Crippen LogP contribution in [0.4, 0.5) is 5.69 Å². The zero-order chi connectivity index (χ0) is 20.4. The normalized spacial score (nSPS) is 13.9. The topological polar surface area (TPSA) is 75.4 Å². The summed E-state index contributed by atoms with van der Waals surface area (Å²) in [5.41, 5.74) is 8.04. The van der Waals surface area contributed by atoms with Crippen LogP contribution in [0.15, 0.2) is 66.7 Å². The smallest absolute Gasteiger partial charge is 0.253 e. The first-order valence-electron chi connectivity index (χ1n) is 9.94. The van der Waals surface area contributed by atoms with Gasteiger partial charge in [0.05, 0.1) is 17.3 Å². The van der Waals surface area contributed by atoms with Gasteiger partial charge in [-0.3, -0.25) is 9.59 Å². The van der Waals surface area contributed by atoms with Crippen molar-refractivity contribution in [3.8, 4) is 0 Å². The molecule has 0 aliphatic heterocycles. The maximum atomic E-state index is 13.1. The molecule has 3 aromatic rings. The monoisotopic (exact) mass is 423 g/mol. The Morgan fingerprint density at radius 3 is 2.40 bits per heavy atom. The highest BCUT2D eigenvalue weighted by atomic mass is 35.5. The van der Waals surface area contributed by atoms with Gasteiger partial charge >= 0.3 is 0 Å². The van der Waals surface area contributed by atoms with Crippen molar-refractivity contribution in [3.63, 3.8) is 0 Å². The Morgan fingerprint density at radius 1 is 1.03 bits per heavy atom. The predicted molar refractivity (Wildman–Crippen MR) is 123 cm³/mol. The first-order chi connectivity index (χ1) is 14.1. The lowest BCUT2D eigenvalue weighted by atomic mass is 10.0. The number of fused-ring (bicyclic) bond motifs is 1. The van der Waals surface area contributed by atoms with Gasteiger partial charge in [-0.05, 0) is 47.4 Å². The summed E-state index contributed by atoms with van der Waals surface area (Å²) >= 11 is 0. The summed E-state index contributed by atoms with van der Waals surface area (Å²) in [6, 6.07) is 21.1. The number of rotatable bonds is 6. The lowest BCUT2D eigenvalue weighted by Gasteiger charge is -2.22. The number of carbonyl (C=O) groups is 2. The number of nitrogens with zero attached hydrogens (tertiary/aromatic N) is 1. The molecule has 1 unspecified atom stereocenters. The first kappa shape index (κ1) is 21.8. The minimum absolute atomic E-state index is 0. The van der Waals surface area contributed by atoms with Crippen LogP contribution >= 0.6 is 12.4 Å². The maximum Gasteiger partial charge on any atom is 0.253 e. The third-order valence-corrected chi connectivity index (χ3v) is 5.48. The molecule has 5 nitrogen and oxygen atoms in total. The summed E-state index contributed by atoms with van der Waals surface area (Å²) in [5.74, 6) is -0.0830. The van der Waals surface area contributed by atoms with Crippen LogP contribution in [-0.2, 0) is 4.79 Å². The van der Waals surface area contributed by atoms with E-state index in [1.807, 2.05) is 42.5 Å². The van der Waals surface area contributed by atoms with Crippen molar-refractivity contribution < 1.29 is 9.59 Å². The van der Waals surface area contributed by atoms with Crippen molar-refractivity contribution >= 4 is 40.7 Å². The van der Waals surface area contributed by atoms with Crippen LogP contribution in [0.25, 0.3) is 10.8 Å². The van der Waals surface area contributed by atoms with Crippen molar-refractivity contribution in [3.05, 3.63) is 77.9 Å². The van der Waals surface area contributed by atoms with E-state index in [0.29, 0.717) is 11.3 Å². The zero-order valence-electron chi connectivity index (χ0n) is 16.9. The Kier molecular flexibility index (Phi) is 6.75. The summed E-state index contributed by atoms with van der Waals surface area (Å²) in [6.07, 6.45) is 1.85. The predicted octanol–water partition coefficient (Wildman–Crippen LogP) is 4.06. The molecule has 1 atom stereocenters. The summed E-state index contributed by atoms with van der Waals surface area (Å²) in [6.45, 7) is 0.281. The number of para-hydroxylation sites is 1. The molecule has 0 bridgehead atoms. The SMILES string of the molecule is CN(C(=O)C1CC1)c1ccccc1C(=O)NC(CN)c1ccc2ccccc2c1.Cl. The van der Waals surface area contributed by atoms with E-state index in [1.54, 1.807) is 24.1 Å². The standard InChI is InChI=1S/C24H25N3O2.ClH/c1-27(24(29)17-11-12-17)22-9-5-4-8-20(22)23(28)26-21(15-25)19-13-10-16-6-2-3-7-18(16)14-19;/h2-10,13-14,17,21H,11-12,15,25H2,1H3,(H,26,28);1H. The van der Waals surface area contributed by atoms with E-state index in [1.165, 1.54) is 0 Å². The van der Waals surface area contributed by atoms with Gasteiger partial charge in [-0.25, -0.2) is 0 Å². The second-order valence-corrected chi connectivity index (χ2v) is 7.56. The van der Waals surface area contributed by atoms with Gasteiger partial charge in [-0.2, -0.15) is 0 Å². The number of carbonyl (C=O) groups excluding carboxylic acids is 2. The van der Waals surface area contributed by atoms with Gasteiger partial charge < -0.3 is 16.0 Å². The molecule has 30 heavy (non-hydrogen) atoms. The fraction of sp³-hybridized carbons (Fsp3) is 0.250. The molecule has 6 heteroatoms. The van der Waals surface area contributed by atoms with Crippen LogP contribution in [0.2, 0.25) is 0 Å². The highest BCUT2D eigenvalue weighted by Crippen LogP contribution is 2.33. The average Bonchev–Trinajstić information content (AvgIpc) is 3.61. The molecular formula is C24H26ClN3O2. The lowest BCUT2D eigenvalue weighted by molar-refractivity contribution is -0.119. The molecule has 0 aromatic heterocycles. The highest BCUT2D eigenvalue weighted by Gasteiger charge is 2.33. The van der Waals surface area contributed by atoms with Crippen LogP contribution in [0, 0.1) is 5.92 Å². The molecule has 0 radical (unpaired) electrons. The van der Waals surface area contributed by atoms with Gasteiger partial charge in [0.25, 0.3) is 5.91 Å². The third kappa shape index (κ3) is 4.48. The average molecular weight is 424 g/mol. The van der Waals surface area contributed by atoms with Crippen molar-refractivity contribution in [2.24, 2.45) is 11.7 Å². The minimum atomic E-state index is -0.315. The Bertz CT molecular complexity index is 1070. The molecule has 3 N–H and O–H groups in total. The fourth-order valence-electron chi connectivity index (χ4n) is 3.62. The molecule has 3 aromatic carbocycles. The number of nitrogens with two attached hydrogens (primary N) is 1. The van der Waals surface area contributed by atoms with Crippen molar-refractivity contribution in [1.29, 1.82) is 0 Å². The van der Waals surface area contributed by atoms with Crippen molar-refractivity contribution in [2.75, 3.05) is 18.5 Å². The lowest BCUT2D eigenvalue weighted by Crippen LogP contribution is -2.35. The molecule has 1 aliphatic rings. The number of amides is 2. The number of nitrogens with one attached hydrogen (secondary N) is 1. The fourth-order valence-corrected chi connectivity index (χ4v) is 3.62. The number of hydrogen-bond acceptors (Lipinski definition) is 3. The Balaban J connectivity index is 0.00000256. The molecular weight excluding hydrogens is 398 g/mol. The molecule has 0 saturated heterocycles. The van der Waals surface area contributed by atoms with Crippen molar-refractivity contribution in [1.82, 2.24) is 5.32 Å². The van der Waals surface area contributed by atoms with Crippen molar-refractivity contribution in [2.45, 2.75) is 18.9 Å². The van der Waals surface area contributed by atoms with Crippen LogP contribution < -0.4 is 16.0 Å². The van der Waals surface area contributed by atoms with E-state index < -0.39 is 0 Å². The summed E-state index contributed by atoms with van der Waals surface area (Å²) < 4.78 is 0. The zero-order valence-corrected chi connectivity index (χ0v) is 17.7. The van der Waals surface area contributed by atoms with E-state index in [9.17, 15) is 9.59 Å². The van der Waals surface area contributed by atoms with E-state index in [0.717, 1.165) is 29.2 Å². The highest BCUT2D eigenvalue weighted by molar-refractivity contribution is 6.05. The maximum absolute atomic E-state index is 13.1. The second kappa shape index (κ2) is 9.28.